The van der Waals surface area contributed by atoms with Crippen LogP contribution in [-0.2, 0) is 4.79 Å². The fourth-order valence-corrected chi connectivity index (χ4v) is 5.56. The highest BCUT2D eigenvalue weighted by molar-refractivity contribution is 7.80. The standard InChI is InChI=1S/C30H30FN5OS/c1-5-27(37)33-24-14-13-21(16-18(24)2)36-29(28(34-30(36)38)25-11-8-9-15-32-25)22-17-19(3)35(20(22)4)26-12-7-6-10-23(26)31/h6-17,28-29H,5H2,1-4H3,(H,33,37)(H,34,38). The van der Waals surface area contributed by atoms with Crippen LogP contribution in [0.4, 0.5) is 15.8 Å². The number of carbonyl (C=O) groups excluding carboxylic acids is 1. The minimum Gasteiger partial charge on any atom is -0.351 e. The van der Waals surface area contributed by atoms with Crippen LogP contribution >= 0.6 is 12.2 Å². The van der Waals surface area contributed by atoms with E-state index in [0.717, 1.165) is 39.6 Å². The van der Waals surface area contributed by atoms with E-state index in [-0.39, 0.29) is 23.8 Å². The van der Waals surface area contributed by atoms with Crippen LogP contribution < -0.4 is 15.5 Å². The Morgan fingerprint density at radius 3 is 2.53 bits per heavy atom. The number of hydrogen-bond donors (Lipinski definition) is 2. The van der Waals surface area contributed by atoms with Gasteiger partial charge in [-0.05, 0) is 92.6 Å². The zero-order valence-electron chi connectivity index (χ0n) is 21.8. The molecule has 1 saturated heterocycles. The van der Waals surface area contributed by atoms with Crippen molar-refractivity contribution in [2.75, 3.05) is 10.2 Å². The van der Waals surface area contributed by atoms with E-state index in [1.54, 1.807) is 18.3 Å². The number of carbonyl (C=O) groups is 1. The van der Waals surface area contributed by atoms with Crippen molar-refractivity contribution in [2.24, 2.45) is 0 Å². The molecule has 1 fully saturated rings. The summed E-state index contributed by atoms with van der Waals surface area (Å²) in [6, 6.07) is 20.2. The van der Waals surface area contributed by atoms with Gasteiger partial charge in [-0.15, -0.1) is 0 Å². The fraction of sp³-hybridized carbons (Fsp3) is 0.233. The maximum absolute atomic E-state index is 14.9. The first-order chi connectivity index (χ1) is 18.3. The van der Waals surface area contributed by atoms with Gasteiger partial charge in [-0.1, -0.05) is 25.1 Å². The van der Waals surface area contributed by atoms with Crippen molar-refractivity contribution >= 4 is 34.6 Å². The van der Waals surface area contributed by atoms with Crippen molar-refractivity contribution in [1.82, 2.24) is 14.9 Å². The number of para-hydroxylation sites is 1. The Hall–Kier alpha value is -4.04. The average molecular weight is 528 g/mol. The molecule has 0 saturated carbocycles. The minimum absolute atomic E-state index is 0.0344. The molecule has 4 aromatic rings. The molecule has 0 spiro atoms. The van der Waals surface area contributed by atoms with E-state index in [1.165, 1.54) is 6.07 Å². The van der Waals surface area contributed by atoms with Gasteiger partial charge >= 0.3 is 0 Å². The molecule has 3 heterocycles. The number of aryl methyl sites for hydroxylation is 2. The predicted octanol–water partition coefficient (Wildman–Crippen LogP) is 6.46. The van der Waals surface area contributed by atoms with Gasteiger partial charge in [0.25, 0.3) is 0 Å². The molecule has 8 heteroatoms. The fourth-order valence-electron chi connectivity index (χ4n) is 5.22. The molecular formula is C30H30FN5OS. The van der Waals surface area contributed by atoms with E-state index in [4.69, 9.17) is 12.2 Å². The zero-order valence-corrected chi connectivity index (χ0v) is 22.6. The van der Waals surface area contributed by atoms with Crippen LogP contribution in [0.2, 0.25) is 0 Å². The summed E-state index contributed by atoms with van der Waals surface area (Å²) < 4.78 is 16.8. The van der Waals surface area contributed by atoms with Gasteiger partial charge < -0.3 is 20.1 Å². The highest BCUT2D eigenvalue weighted by Gasteiger charge is 2.42. The van der Waals surface area contributed by atoms with Gasteiger partial charge in [0.15, 0.2) is 5.11 Å². The van der Waals surface area contributed by atoms with E-state index in [1.807, 2.05) is 74.7 Å². The predicted molar refractivity (Wildman–Crippen MR) is 153 cm³/mol. The minimum atomic E-state index is -0.278. The maximum atomic E-state index is 14.9. The average Bonchev–Trinajstić information content (AvgIpc) is 3.41. The van der Waals surface area contributed by atoms with Crippen molar-refractivity contribution in [2.45, 2.75) is 46.2 Å². The number of thiocarbonyl (C=S) groups is 1. The number of halogens is 1. The summed E-state index contributed by atoms with van der Waals surface area (Å²) in [7, 11) is 0. The van der Waals surface area contributed by atoms with Gasteiger partial charge in [0.1, 0.15) is 5.82 Å². The SMILES string of the molecule is CCC(=O)Nc1ccc(N2C(=S)NC(c3ccccn3)C2c2cc(C)n(-c3ccccc3F)c2C)cc1C. The van der Waals surface area contributed by atoms with Crippen molar-refractivity contribution in [3.8, 4) is 5.69 Å². The lowest BCUT2D eigenvalue weighted by Crippen LogP contribution is -2.29. The first-order valence-electron chi connectivity index (χ1n) is 12.6. The van der Waals surface area contributed by atoms with Gasteiger partial charge in [0.05, 0.1) is 23.5 Å². The van der Waals surface area contributed by atoms with Crippen LogP contribution in [0.15, 0.2) is 72.9 Å². The van der Waals surface area contributed by atoms with Gasteiger partial charge in [0.2, 0.25) is 5.91 Å². The van der Waals surface area contributed by atoms with Crippen molar-refractivity contribution in [3.05, 3.63) is 107 Å². The normalized spacial score (nSPS) is 17.0. The summed E-state index contributed by atoms with van der Waals surface area (Å²) >= 11 is 5.89. The number of nitrogens with one attached hydrogen (secondary N) is 2. The molecule has 0 bridgehead atoms. The number of aromatic nitrogens is 2. The molecule has 1 aliphatic heterocycles. The third kappa shape index (κ3) is 4.56. The second-order valence-electron chi connectivity index (χ2n) is 9.51. The number of hydrogen-bond acceptors (Lipinski definition) is 3. The second kappa shape index (κ2) is 10.4. The zero-order chi connectivity index (χ0) is 27.0. The van der Waals surface area contributed by atoms with E-state index in [0.29, 0.717) is 17.2 Å². The van der Waals surface area contributed by atoms with Crippen LogP contribution in [-0.4, -0.2) is 20.6 Å². The highest BCUT2D eigenvalue weighted by atomic mass is 32.1. The van der Waals surface area contributed by atoms with Crippen molar-refractivity contribution in [3.63, 3.8) is 0 Å². The van der Waals surface area contributed by atoms with Crippen LogP contribution in [0, 0.1) is 26.6 Å². The Balaban J connectivity index is 1.64. The van der Waals surface area contributed by atoms with E-state index < -0.39 is 0 Å². The summed E-state index contributed by atoms with van der Waals surface area (Å²) in [4.78, 5) is 18.7. The molecule has 2 atom stereocenters. The number of rotatable bonds is 6. The molecule has 1 amide bonds. The first-order valence-corrected chi connectivity index (χ1v) is 13.1. The number of nitrogens with zero attached hydrogens (tertiary/aromatic N) is 3. The molecule has 1 aliphatic rings. The molecular weight excluding hydrogens is 497 g/mol. The number of amides is 1. The smallest absolute Gasteiger partial charge is 0.224 e. The first kappa shape index (κ1) is 25.6. The van der Waals surface area contributed by atoms with E-state index >= 15 is 0 Å². The molecule has 38 heavy (non-hydrogen) atoms. The molecule has 2 N–H and O–H groups in total. The lowest BCUT2D eigenvalue weighted by atomic mass is 9.96. The van der Waals surface area contributed by atoms with Gasteiger partial charge in [-0.25, -0.2) is 4.39 Å². The summed E-state index contributed by atoms with van der Waals surface area (Å²) in [6.45, 7) is 7.79. The topological polar surface area (TPSA) is 62.2 Å². The monoisotopic (exact) mass is 527 g/mol. The van der Waals surface area contributed by atoms with E-state index in [9.17, 15) is 9.18 Å². The van der Waals surface area contributed by atoms with Gasteiger partial charge in [-0.2, -0.15) is 0 Å². The molecule has 2 unspecified atom stereocenters. The largest absolute Gasteiger partial charge is 0.351 e. The molecule has 5 rings (SSSR count). The van der Waals surface area contributed by atoms with Crippen molar-refractivity contribution in [1.29, 1.82) is 0 Å². The Bertz CT molecular complexity index is 1520. The molecule has 0 aliphatic carbocycles. The van der Waals surface area contributed by atoms with Crippen molar-refractivity contribution < 1.29 is 9.18 Å². The third-order valence-electron chi connectivity index (χ3n) is 7.06. The van der Waals surface area contributed by atoms with Gasteiger partial charge in [0, 0.05) is 35.4 Å². The number of anilines is 2. The molecule has 6 nitrogen and oxygen atoms in total. The second-order valence-corrected chi connectivity index (χ2v) is 9.90. The van der Waals surface area contributed by atoms with Gasteiger partial charge in [-0.3, -0.25) is 9.78 Å². The molecule has 2 aromatic carbocycles. The third-order valence-corrected chi connectivity index (χ3v) is 7.38. The lowest BCUT2D eigenvalue weighted by Gasteiger charge is -2.29. The quantitative estimate of drug-likeness (QED) is 0.282. The summed E-state index contributed by atoms with van der Waals surface area (Å²) in [5, 5.41) is 7.02. The molecule has 0 radical (unpaired) electrons. The Morgan fingerprint density at radius 1 is 1.08 bits per heavy atom. The van der Waals surface area contributed by atoms with Crippen LogP contribution in [0.3, 0.4) is 0 Å². The summed E-state index contributed by atoms with van der Waals surface area (Å²) in [5.41, 5.74) is 6.85. The summed E-state index contributed by atoms with van der Waals surface area (Å²) in [5.74, 6) is -0.313. The molecule has 194 valence electrons. The Morgan fingerprint density at radius 2 is 1.84 bits per heavy atom. The number of pyridine rings is 1. The van der Waals surface area contributed by atoms with Crippen LogP contribution in [0.25, 0.3) is 5.69 Å². The maximum Gasteiger partial charge on any atom is 0.224 e. The van der Waals surface area contributed by atoms with Crippen LogP contribution in [0.1, 0.15) is 53.6 Å². The van der Waals surface area contributed by atoms with E-state index in [2.05, 4.69) is 26.6 Å². The lowest BCUT2D eigenvalue weighted by molar-refractivity contribution is -0.115. The molecule has 2 aromatic heterocycles. The Labute approximate surface area is 227 Å². The number of benzene rings is 2. The van der Waals surface area contributed by atoms with Crippen LogP contribution in [0.5, 0.6) is 0 Å². The highest BCUT2D eigenvalue weighted by Crippen LogP contribution is 2.44. The summed E-state index contributed by atoms with van der Waals surface area (Å²) in [6.07, 6.45) is 2.19. The Kier molecular flexibility index (Phi) is 6.99.